The Bertz CT molecular complexity index is 1030. The third-order valence-electron chi connectivity index (χ3n) is 4.94. The molecule has 0 heterocycles. The molecule has 0 aliphatic heterocycles. The first-order chi connectivity index (χ1) is 15.0. The van der Waals surface area contributed by atoms with E-state index in [0.29, 0.717) is 17.1 Å². The highest BCUT2D eigenvalue weighted by Gasteiger charge is 2.28. The van der Waals surface area contributed by atoms with Crippen molar-refractivity contribution in [1.29, 1.82) is 5.26 Å². The van der Waals surface area contributed by atoms with Gasteiger partial charge in [0.1, 0.15) is 17.6 Å². The average molecular weight is 415 g/mol. The molecule has 1 amide bonds. The summed E-state index contributed by atoms with van der Waals surface area (Å²) in [5.41, 5.74) is 1.56. The van der Waals surface area contributed by atoms with Crippen LogP contribution in [-0.2, 0) is 4.74 Å². The Labute approximate surface area is 183 Å². The van der Waals surface area contributed by atoms with E-state index in [2.05, 4.69) is 6.07 Å². The second kappa shape index (κ2) is 10.3. The van der Waals surface area contributed by atoms with E-state index in [9.17, 15) is 10.1 Å². The Balaban J connectivity index is 1.77. The second-order valence-electron chi connectivity index (χ2n) is 7.47. The molecule has 3 aromatic carbocycles. The average Bonchev–Trinajstić information content (AvgIpc) is 2.78. The molecule has 0 bridgehead atoms. The molecule has 2 atom stereocenters. The molecule has 158 valence electrons. The van der Waals surface area contributed by atoms with Gasteiger partial charge in [-0.3, -0.25) is 4.90 Å². The molecular weight excluding hydrogens is 388 g/mol. The number of para-hydroxylation sites is 1. The molecule has 0 fully saturated rings. The molecule has 2 unspecified atom stereocenters. The molecule has 0 saturated heterocycles. The van der Waals surface area contributed by atoms with Gasteiger partial charge in [0.15, 0.2) is 0 Å². The molecule has 5 heteroatoms. The topological polar surface area (TPSA) is 62.6 Å². The zero-order chi connectivity index (χ0) is 22.2. The first-order valence-electron chi connectivity index (χ1n) is 10.3. The van der Waals surface area contributed by atoms with Crippen molar-refractivity contribution in [3.63, 3.8) is 0 Å². The molecule has 3 rings (SSSR count). The van der Waals surface area contributed by atoms with Crippen LogP contribution in [0.3, 0.4) is 0 Å². The molecule has 5 nitrogen and oxygen atoms in total. The molecule has 0 aliphatic carbocycles. The molecule has 3 aromatic rings. The lowest BCUT2D eigenvalue weighted by molar-refractivity contribution is 0.0588. The van der Waals surface area contributed by atoms with Crippen LogP contribution >= 0.6 is 0 Å². The zero-order valence-corrected chi connectivity index (χ0v) is 17.9. The van der Waals surface area contributed by atoms with Crippen molar-refractivity contribution in [3.8, 4) is 17.6 Å². The molecule has 0 spiro atoms. The van der Waals surface area contributed by atoms with Crippen molar-refractivity contribution >= 4 is 6.09 Å². The smallest absolute Gasteiger partial charge is 0.412 e. The Morgan fingerprint density at radius 1 is 0.839 bits per heavy atom. The van der Waals surface area contributed by atoms with Crippen LogP contribution in [0.25, 0.3) is 0 Å². The zero-order valence-electron chi connectivity index (χ0n) is 17.9. The van der Waals surface area contributed by atoms with Gasteiger partial charge in [0.2, 0.25) is 6.10 Å². The highest BCUT2D eigenvalue weighted by Crippen LogP contribution is 2.28. The van der Waals surface area contributed by atoms with Crippen LogP contribution in [-0.4, -0.2) is 17.0 Å². The fourth-order valence-electron chi connectivity index (χ4n) is 3.40. The monoisotopic (exact) mass is 414 g/mol. The van der Waals surface area contributed by atoms with Crippen molar-refractivity contribution < 1.29 is 14.3 Å². The minimum absolute atomic E-state index is 0.102. The van der Waals surface area contributed by atoms with Gasteiger partial charge >= 0.3 is 6.09 Å². The molecule has 31 heavy (non-hydrogen) atoms. The van der Waals surface area contributed by atoms with Gasteiger partial charge in [-0.2, -0.15) is 5.26 Å². The molecular formula is C26H26N2O3. The number of ether oxygens (including phenoxy) is 2. The maximum atomic E-state index is 13.0. The van der Waals surface area contributed by atoms with Crippen molar-refractivity contribution in [1.82, 2.24) is 4.90 Å². The summed E-state index contributed by atoms with van der Waals surface area (Å²) in [6.45, 7) is 5.80. The Morgan fingerprint density at radius 3 is 2.03 bits per heavy atom. The van der Waals surface area contributed by atoms with E-state index < -0.39 is 12.2 Å². The Morgan fingerprint density at radius 2 is 1.42 bits per heavy atom. The molecule has 0 aromatic heterocycles. The summed E-state index contributed by atoms with van der Waals surface area (Å²) in [4.78, 5) is 14.7. The second-order valence-corrected chi connectivity index (χ2v) is 7.47. The predicted octanol–water partition coefficient (Wildman–Crippen LogP) is 6.65. The lowest BCUT2D eigenvalue weighted by Crippen LogP contribution is -2.39. The van der Waals surface area contributed by atoms with Gasteiger partial charge in [-0.15, -0.1) is 0 Å². The van der Waals surface area contributed by atoms with Gasteiger partial charge in [0, 0.05) is 11.6 Å². The van der Waals surface area contributed by atoms with Gasteiger partial charge in [-0.05, 0) is 50.6 Å². The van der Waals surface area contributed by atoms with E-state index in [1.165, 1.54) is 0 Å². The predicted molar refractivity (Wildman–Crippen MR) is 120 cm³/mol. The van der Waals surface area contributed by atoms with Gasteiger partial charge in [0.05, 0.1) is 6.04 Å². The normalized spacial score (nSPS) is 12.5. The third kappa shape index (κ3) is 5.64. The molecule has 0 radical (unpaired) electrons. The fourth-order valence-corrected chi connectivity index (χ4v) is 3.40. The van der Waals surface area contributed by atoms with Gasteiger partial charge < -0.3 is 9.47 Å². The minimum atomic E-state index is -1.05. The van der Waals surface area contributed by atoms with E-state index >= 15 is 0 Å². The number of nitrogens with zero attached hydrogens (tertiary/aromatic N) is 2. The molecule has 0 aliphatic rings. The van der Waals surface area contributed by atoms with Crippen molar-refractivity contribution in [3.05, 3.63) is 96.1 Å². The summed E-state index contributed by atoms with van der Waals surface area (Å²) >= 11 is 0. The summed E-state index contributed by atoms with van der Waals surface area (Å²) in [6, 6.07) is 27.9. The van der Waals surface area contributed by atoms with Crippen molar-refractivity contribution in [2.45, 2.75) is 39.0 Å². The van der Waals surface area contributed by atoms with Crippen LogP contribution in [0, 0.1) is 11.3 Å². The van der Waals surface area contributed by atoms with Crippen LogP contribution in [0.15, 0.2) is 84.9 Å². The first kappa shape index (κ1) is 21.9. The number of nitriles is 1. The fraction of sp³-hybridized carbons (Fsp3) is 0.231. The quantitative estimate of drug-likeness (QED) is 0.434. The summed E-state index contributed by atoms with van der Waals surface area (Å²) in [5.74, 6) is 1.26. The van der Waals surface area contributed by atoms with Crippen LogP contribution in [0.4, 0.5) is 4.79 Å². The van der Waals surface area contributed by atoms with E-state index in [-0.39, 0.29) is 12.1 Å². The Kier molecular flexibility index (Phi) is 7.29. The number of hydrogen-bond donors (Lipinski definition) is 0. The lowest BCUT2D eigenvalue weighted by atomic mass is 10.1. The highest BCUT2D eigenvalue weighted by atomic mass is 16.6. The van der Waals surface area contributed by atoms with E-state index in [1.807, 2.05) is 81.4 Å². The molecule has 0 saturated carbocycles. The van der Waals surface area contributed by atoms with Crippen LogP contribution in [0.5, 0.6) is 11.5 Å². The van der Waals surface area contributed by atoms with E-state index in [4.69, 9.17) is 9.47 Å². The summed E-state index contributed by atoms with van der Waals surface area (Å²) in [7, 11) is 0. The maximum absolute atomic E-state index is 13.0. The van der Waals surface area contributed by atoms with Crippen LogP contribution in [0.1, 0.15) is 44.0 Å². The highest BCUT2D eigenvalue weighted by molar-refractivity contribution is 5.69. The number of hydrogen-bond acceptors (Lipinski definition) is 4. The summed E-state index contributed by atoms with van der Waals surface area (Å²) < 4.78 is 11.5. The molecule has 0 N–H and O–H groups in total. The summed E-state index contributed by atoms with van der Waals surface area (Å²) in [6.07, 6.45) is -1.58. The lowest BCUT2D eigenvalue weighted by Gasteiger charge is -2.33. The summed E-state index contributed by atoms with van der Waals surface area (Å²) in [5, 5.41) is 9.70. The number of carbonyl (C=O) groups excluding carboxylic acids is 1. The largest absolute Gasteiger partial charge is 0.457 e. The standard InChI is InChI=1S/C26H26N2O3/c1-19(2)28(20(3)21-11-6-4-7-12-21)26(29)31-25(18-27)22-13-10-16-24(17-22)30-23-14-8-5-9-15-23/h4-17,19-20,25H,1-3H3. The maximum Gasteiger partial charge on any atom is 0.412 e. The third-order valence-corrected chi connectivity index (χ3v) is 4.94. The minimum Gasteiger partial charge on any atom is -0.457 e. The Hall–Kier alpha value is -3.78. The van der Waals surface area contributed by atoms with E-state index in [1.54, 1.807) is 29.2 Å². The van der Waals surface area contributed by atoms with Crippen molar-refractivity contribution in [2.75, 3.05) is 0 Å². The van der Waals surface area contributed by atoms with Gasteiger partial charge in [0.25, 0.3) is 0 Å². The van der Waals surface area contributed by atoms with E-state index in [0.717, 1.165) is 5.56 Å². The number of benzene rings is 3. The first-order valence-corrected chi connectivity index (χ1v) is 10.3. The van der Waals surface area contributed by atoms with Crippen LogP contribution in [0.2, 0.25) is 0 Å². The number of rotatable bonds is 7. The van der Waals surface area contributed by atoms with Crippen LogP contribution < -0.4 is 4.74 Å². The van der Waals surface area contributed by atoms with Gasteiger partial charge in [-0.1, -0.05) is 60.7 Å². The number of amides is 1. The van der Waals surface area contributed by atoms with Gasteiger partial charge in [-0.25, -0.2) is 4.79 Å². The SMILES string of the molecule is CC(C)N(C(=O)OC(C#N)c1cccc(Oc2ccccc2)c1)C(C)c1ccccc1. The van der Waals surface area contributed by atoms with Crippen molar-refractivity contribution in [2.24, 2.45) is 0 Å². The number of carbonyl (C=O) groups is 1.